The Morgan fingerprint density at radius 3 is 3.06 bits per heavy atom. The summed E-state index contributed by atoms with van der Waals surface area (Å²) in [4.78, 5) is 0. The van der Waals surface area contributed by atoms with Crippen LogP contribution in [0.4, 0.5) is 0 Å². The standard InChI is InChI=1S/C14H20BrNO/c1-11(12-5-4-6-13(15)9-12)16-10-14-7-2-3-8-17-14/h4-6,9,11,14,16H,2-3,7-8,10H2,1H3. The van der Waals surface area contributed by atoms with Gasteiger partial charge in [-0.3, -0.25) is 0 Å². The van der Waals surface area contributed by atoms with E-state index in [2.05, 4.69) is 52.4 Å². The zero-order valence-corrected chi connectivity index (χ0v) is 11.9. The molecular formula is C14H20BrNO. The molecule has 1 heterocycles. The summed E-state index contributed by atoms with van der Waals surface area (Å²) in [6, 6.07) is 8.83. The summed E-state index contributed by atoms with van der Waals surface area (Å²) in [5, 5.41) is 3.55. The van der Waals surface area contributed by atoms with Crippen LogP contribution in [-0.4, -0.2) is 19.3 Å². The van der Waals surface area contributed by atoms with Crippen LogP contribution in [0.1, 0.15) is 37.8 Å². The van der Waals surface area contributed by atoms with E-state index in [1.807, 2.05) is 0 Å². The number of hydrogen-bond acceptors (Lipinski definition) is 2. The molecule has 0 spiro atoms. The van der Waals surface area contributed by atoms with E-state index in [0.717, 1.165) is 17.6 Å². The molecule has 2 nitrogen and oxygen atoms in total. The van der Waals surface area contributed by atoms with Crippen molar-refractivity contribution in [2.45, 2.75) is 38.3 Å². The summed E-state index contributed by atoms with van der Waals surface area (Å²) in [5.74, 6) is 0. The van der Waals surface area contributed by atoms with Crippen LogP contribution in [0.2, 0.25) is 0 Å². The molecule has 3 heteroatoms. The third-order valence-electron chi connectivity index (χ3n) is 3.27. The van der Waals surface area contributed by atoms with E-state index in [9.17, 15) is 0 Å². The Morgan fingerprint density at radius 1 is 1.47 bits per heavy atom. The van der Waals surface area contributed by atoms with Gasteiger partial charge in [-0.2, -0.15) is 0 Å². The highest BCUT2D eigenvalue weighted by atomic mass is 79.9. The number of rotatable bonds is 4. The van der Waals surface area contributed by atoms with E-state index >= 15 is 0 Å². The van der Waals surface area contributed by atoms with Crippen molar-refractivity contribution in [3.63, 3.8) is 0 Å². The van der Waals surface area contributed by atoms with Crippen LogP contribution in [0.25, 0.3) is 0 Å². The molecule has 94 valence electrons. The smallest absolute Gasteiger partial charge is 0.0699 e. The fourth-order valence-electron chi connectivity index (χ4n) is 2.17. The van der Waals surface area contributed by atoms with Crippen molar-refractivity contribution in [3.8, 4) is 0 Å². The predicted octanol–water partition coefficient (Wildman–Crippen LogP) is 3.67. The maximum atomic E-state index is 5.72. The van der Waals surface area contributed by atoms with Gasteiger partial charge in [-0.15, -0.1) is 0 Å². The Labute approximate surface area is 112 Å². The molecule has 0 bridgehead atoms. The third kappa shape index (κ3) is 4.09. The second kappa shape index (κ2) is 6.53. The maximum Gasteiger partial charge on any atom is 0.0699 e. The first-order valence-electron chi connectivity index (χ1n) is 6.36. The summed E-state index contributed by atoms with van der Waals surface area (Å²) in [6.07, 6.45) is 4.12. The molecule has 0 radical (unpaired) electrons. The average molecular weight is 298 g/mol. The molecule has 1 fully saturated rings. The first-order chi connectivity index (χ1) is 8.25. The minimum absolute atomic E-state index is 0.373. The molecule has 1 aliphatic rings. The summed E-state index contributed by atoms with van der Waals surface area (Å²) >= 11 is 3.51. The lowest BCUT2D eigenvalue weighted by atomic mass is 10.1. The fourth-order valence-corrected chi connectivity index (χ4v) is 2.59. The van der Waals surface area contributed by atoms with Crippen molar-refractivity contribution >= 4 is 15.9 Å². The summed E-state index contributed by atoms with van der Waals surface area (Å²) in [6.45, 7) is 4.08. The molecule has 2 atom stereocenters. The van der Waals surface area contributed by atoms with Gasteiger partial charge in [0.05, 0.1) is 6.10 Å². The molecular weight excluding hydrogens is 278 g/mol. The maximum absolute atomic E-state index is 5.72. The third-order valence-corrected chi connectivity index (χ3v) is 3.77. The summed E-state index contributed by atoms with van der Waals surface area (Å²) in [7, 11) is 0. The van der Waals surface area contributed by atoms with E-state index in [1.165, 1.54) is 24.8 Å². The van der Waals surface area contributed by atoms with Gasteiger partial charge in [-0.25, -0.2) is 0 Å². The lowest BCUT2D eigenvalue weighted by Gasteiger charge is -2.25. The van der Waals surface area contributed by atoms with Crippen LogP contribution < -0.4 is 5.32 Å². The minimum Gasteiger partial charge on any atom is -0.377 e. The topological polar surface area (TPSA) is 21.3 Å². The SMILES string of the molecule is CC(NCC1CCCCO1)c1cccc(Br)c1. The van der Waals surface area contributed by atoms with Gasteiger partial charge in [0.2, 0.25) is 0 Å². The highest BCUT2D eigenvalue weighted by Crippen LogP contribution is 2.18. The summed E-state index contributed by atoms with van der Waals surface area (Å²) < 4.78 is 6.85. The zero-order chi connectivity index (χ0) is 12.1. The van der Waals surface area contributed by atoms with E-state index in [0.29, 0.717) is 12.1 Å². The van der Waals surface area contributed by atoms with Crippen molar-refractivity contribution in [3.05, 3.63) is 34.3 Å². The van der Waals surface area contributed by atoms with Gasteiger partial charge >= 0.3 is 0 Å². The van der Waals surface area contributed by atoms with Crippen LogP contribution in [-0.2, 0) is 4.74 Å². The second-order valence-electron chi connectivity index (χ2n) is 4.67. The van der Waals surface area contributed by atoms with E-state index in [4.69, 9.17) is 4.74 Å². The number of halogens is 1. The van der Waals surface area contributed by atoms with Gasteiger partial charge in [-0.05, 0) is 43.9 Å². The highest BCUT2D eigenvalue weighted by molar-refractivity contribution is 9.10. The number of nitrogens with one attached hydrogen (secondary N) is 1. The molecule has 2 unspecified atom stereocenters. The summed E-state index contributed by atoms with van der Waals surface area (Å²) in [5.41, 5.74) is 1.31. The Hall–Kier alpha value is -0.380. The predicted molar refractivity (Wildman–Crippen MR) is 74.2 cm³/mol. The second-order valence-corrected chi connectivity index (χ2v) is 5.59. The Morgan fingerprint density at radius 2 is 2.35 bits per heavy atom. The van der Waals surface area contributed by atoms with Crippen LogP contribution in [0.15, 0.2) is 28.7 Å². The molecule has 0 aromatic heterocycles. The van der Waals surface area contributed by atoms with Crippen LogP contribution >= 0.6 is 15.9 Å². The van der Waals surface area contributed by atoms with Gasteiger partial charge < -0.3 is 10.1 Å². The highest BCUT2D eigenvalue weighted by Gasteiger charge is 2.14. The van der Waals surface area contributed by atoms with Crippen molar-refractivity contribution in [2.75, 3.05) is 13.2 Å². The largest absolute Gasteiger partial charge is 0.377 e. The first-order valence-corrected chi connectivity index (χ1v) is 7.15. The number of benzene rings is 1. The molecule has 1 saturated heterocycles. The molecule has 1 aromatic carbocycles. The van der Waals surface area contributed by atoms with Crippen LogP contribution in [0, 0.1) is 0 Å². The zero-order valence-electron chi connectivity index (χ0n) is 10.3. The van der Waals surface area contributed by atoms with Gasteiger partial charge in [0, 0.05) is 23.7 Å². The molecule has 1 N–H and O–H groups in total. The van der Waals surface area contributed by atoms with Crippen molar-refractivity contribution in [1.82, 2.24) is 5.32 Å². The first kappa shape index (κ1) is 13.1. The average Bonchev–Trinajstić information content (AvgIpc) is 2.37. The van der Waals surface area contributed by atoms with Gasteiger partial charge in [0.25, 0.3) is 0 Å². The van der Waals surface area contributed by atoms with E-state index < -0.39 is 0 Å². The molecule has 1 aliphatic heterocycles. The van der Waals surface area contributed by atoms with Gasteiger partial charge in [0.1, 0.15) is 0 Å². The van der Waals surface area contributed by atoms with Crippen molar-refractivity contribution in [1.29, 1.82) is 0 Å². The van der Waals surface area contributed by atoms with Gasteiger partial charge in [0.15, 0.2) is 0 Å². The Kier molecular flexibility index (Phi) is 5.01. The molecule has 0 aliphatic carbocycles. The molecule has 2 rings (SSSR count). The lowest BCUT2D eigenvalue weighted by Crippen LogP contribution is -2.33. The molecule has 0 amide bonds. The lowest BCUT2D eigenvalue weighted by molar-refractivity contribution is 0.0156. The minimum atomic E-state index is 0.373. The van der Waals surface area contributed by atoms with Gasteiger partial charge in [-0.1, -0.05) is 28.1 Å². The Balaban J connectivity index is 1.82. The number of ether oxygens (including phenoxy) is 1. The number of hydrogen-bond donors (Lipinski definition) is 1. The van der Waals surface area contributed by atoms with Crippen molar-refractivity contribution in [2.24, 2.45) is 0 Å². The molecule has 1 aromatic rings. The quantitative estimate of drug-likeness (QED) is 0.916. The van der Waals surface area contributed by atoms with Crippen molar-refractivity contribution < 1.29 is 4.74 Å². The van der Waals surface area contributed by atoms with E-state index in [-0.39, 0.29) is 0 Å². The molecule has 0 saturated carbocycles. The monoisotopic (exact) mass is 297 g/mol. The normalized spacial score (nSPS) is 22.4. The fraction of sp³-hybridized carbons (Fsp3) is 0.571. The van der Waals surface area contributed by atoms with Crippen LogP contribution in [0.5, 0.6) is 0 Å². The van der Waals surface area contributed by atoms with E-state index in [1.54, 1.807) is 0 Å². The molecule has 17 heavy (non-hydrogen) atoms. The van der Waals surface area contributed by atoms with Crippen LogP contribution in [0.3, 0.4) is 0 Å². The Bertz CT molecular complexity index is 350.